The molecule has 0 N–H and O–H groups in total. The lowest BCUT2D eigenvalue weighted by molar-refractivity contribution is -0.194. The van der Waals surface area contributed by atoms with Crippen molar-refractivity contribution in [2.45, 2.75) is 71.5 Å². The van der Waals surface area contributed by atoms with Gasteiger partial charge in [-0.1, -0.05) is 43.2 Å². The molecule has 1 amide bonds. The molecule has 0 bridgehead atoms. The first kappa shape index (κ1) is 25.1. The Morgan fingerprint density at radius 2 is 1.55 bits per heavy atom. The fourth-order valence-corrected chi connectivity index (χ4v) is 2.76. The van der Waals surface area contributed by atoms with Crippen LogP contribution in [0.3, 0.4) is 0 Å². The van der Waals surface area contributed by atoms with E-state index in [0.717, 1.165) is 37.8 Å². The molecule has 0 aromatic heterocycles. The summed E-state index contributed by atoms with van der Waals surface area (Å²) in [6.45, 7) is 7.04. The summed E-state index contributed by atoms with van der Waals surface area (Å²) in [5, 5.41) is 1.33. The Kier molecular flexibility index (Phi) is 11.5. The van der Waals surface area contributed by atoms with E-state index in [1.807, 2.05) is 51.1 Å². The number of esters is 1. The van der Waals surface area contributed by atoms with Gasteiger partial charge >= 0.3 is 5.97 Å². The molecule has 6 nitrogen and oxygen atoms in total. The number of ether oxygens (including phenoxy) is 1. The van der Waals surface area contributed by atoms with Crippen molar-refractivity contribution < 1.29 is 19.2 Å². The summed E-state index contributed by atoms with van der Waals surface area (Å²) < 4.78 is 5.34. The SMILES string of the molecule is CN(C)CCCCCCC(=O)N(CCC(=O)OC(C)(C)C)OCc1ccccc1. The number of carbonyl (C=O) groups is 2. The van der Waals surface area contributed by atoms with E-state index in [1.54, 1.807) is 0 Å². The highest BCUT2D eigenvalue weighted by Crippen LogP contribution is 2.12. The van der Waals surface area contributed by atoms with E-state index in [4.69, 9.17) is 9.57 Å². The molecule has 6 heteroatoms. The average Bonchev–Trinajstić information content (AvgIpc) is 2.63. The maximum absolute atomic E-state index is 12.6. The van der Waals surface area contributed by atoms with Crippen LogP contribution in [0.2, 0.25) is 0 Å². The number of rotatable bonds is 13. The first-order chi connectivity index (χ1) is 13.7. The van der Waals surface area contributed by atoms with Gasteiger partial charge in [0.05, 0.1) is 13.0 Å². The number of benzene rings is 1. The number of hydrogen-bond acceptors (Lipinski definition) is 5. The molecule has 0 saturated carbocycles. The summed E-state index contributed by atoms with van der Waals surface area (Å²) in [4.78, 5) is 32.6. The van der Waals surface area contributed by atoms with Crippen LogP contribution in [-0.4, -0.2) is 54.6 Å². The Labute approximate surface area is 176 Å². The molecule has 0 atom stereocenters. The molecular formula is C23H38N2O4. The third-order valence-electron chi connectivity index (χ3n) is 4.19. The Morgan fingerprint density at radius 1 is 0.897 bits per heavy atom. The van der Waals surface area contributed by atoms with Crippen LogP contribution in [-0.2, 0) is 25.8 Å². The van der Waals surface area contributed by atoms with Crippen molar-refractivity contribution in [1.82, 2.24) is 9.96 Å². The largest absolute Gasteiger partial charge is 0.460 e. The number of hydrogen-bond donors (Lipinski definition) is 0. The van der Waals surface area contributed by atoms with E-state index in [1.165, 1.54) is 5.06 Å². The normalized spacial score (nSPS) is 11.5. The standard InChI is InChI=1S/C23H38N2O4/c1-23(2,3)29-22(27)16-18-25(28-19-20-13-9-8-10-14-20)21(26)15-11-6-7-12-17-24(4)5/h8-10,13-14H,6-7,11-12,15-19H2,1-5H3. The summed E-state index contributed by atoms with van der Waals surface area (Å²) in [6.07, 6.45) is 4.61. The van der Waals surface area contributed by atoms with Crippen LogP contribution in [0.1, 0.15) is 64.9 Å². The molecule has 0 heterocycles. The summed E-state index contributed by atoms with van der Waals surface area (Å²) >= 11 is 0. The highest BCUT2D eigenvalue weighted by molar-refractivity contribution is 5.76. The third kappa shape index (κ3) is 13.0. The molecule has 0 radical (unpaired) electrons. The second-order valence-corrected chi connectivity index (χ2v) is 8.56. The van der Waals surface area contributed by atoms with Crippen molar-refractivity contribution in [3.63, 3.8) is 0 Å². The zero-order valence-electron chi connectivity index (χ0n) is 18.8. The van der Waals surface area contributed by atoms with Crippen molar-refractivity contribution >= 4 is 11.9 Å². The van der Waals surface area contributed by atoms with Gasteiger partial charge in [-0.15, -0.1) is 0 Å². The van der Waals surface area contributed by atoms with Crippen molar-refractivity contribution in [2.75, 3.05) is 27.2 Å². The van der Waals surface area contributed by atoms with Crippen LogP contribution in [0.15, 0.2) is 30.3 Å². The lowest BCUT2D eigenvalue weighted by Gasteiger charge is -2.24. The Bertz CT molecular complexity index is 597. The molecule has 0 aliphatic carbocycles. The second-order valence-electron chi connectivity index (χ2n) is 8.56. The van der Waals surface area contributed by atoms with Gasteiger partial charge in [0.1, 0.15) is 12.2 Å². The monoisotopic (exact) mass is 406 g/mol. The van der Waals surface area contributed by atoms with E-state index in [2.05, 4.69) is 19.0 Å². The van der Waals surface area contributed by atoms with Gasteiger partial charge in [0.15, 0.2) is 0 Å². The average molecular weight is 407 g/mol. The first-order valence-electron chi connectivity index (χ1n) is 10.5. The number of unbranched alkanes of at least 4 members (excludes halogenated alkanes) is 3. The van der Waals surface area contributed by atoms with Crippen LogP contribution in [0.5, 0.6) is 0 Å². The van der Waals surface area contributed by atoms with E-state index < -0.39 is 5.60 Å². The smallest absolute Gasteiger partial charge is 0.308 e. The number of nitrogens with zero attached hydrogens (tertiary/aromatic N) is 2. The van der Waals surface area contributed by atoms with Gasteiger partial charge in [0.25, 0.3) is 0 Å². The molecule has 0 fully saturated rings. The van der Waals surface area contributed by atoms with Crippen LogP contribution in [0.25, 0.3) is 0 Å². The van der Waals surface area contributed by atoms with Gasteiger partial charge in [-0.05, 0) is 59.8 Å². The highest BCUT2D eigenvalue weighted by Gasteiger charge is 2.20. The first-order valence-corrected chi connectivity index (χ1v) is 10.5. The summed E-state index contributed by atoms with van der Waals surface area (Å²) in [6, 6.07) is 9.69. The number of amides is 1. The van der Waals surface area contributed by atoms with Crippen LogP contribution < -0.4 is 0 Å². The van der Waals surface area contributed by atoms with E-state index in [9.17, 15) is 9.59 Å². The number of carbonyl (C=O) groups excluding carboxylic acids is 2. The molecule has 0 unspecified atom stereocenters. The molecule has 29 heavy (non-hydrogen) atoms. The lowest BCUT2D eigenvalue weighted by atomic mass is 10.1. The topological polar surface area (TPSA) is 59.1 Å². The van der Waals surface area contributed by atoms with Gasteiger partial charge in [-0.2, -0.15) is 0 Å². The predicted molar refractivity (Wildman–Crippen MR) is 115 cm³/mol. The molecule has 1 aromatic carbocycles. The third-order valence-corrected chi connectivity index (χ3v) is 4.19. The Morgan fingerprint density at radius 3 is 2.17 bits per heavy atom. The van der Waals surface area contributed by atoms with Gasteiger partial charge in [0.2, 0.25) is 5.91 Å². The van der Waals surface area contributed by atoms with Gasteiger partial charge < -0.3 is 9.64 Å². The Balaban J connectivity index is 2.49. The summed E-state index contributed by atoms with van der Waals surface area (Å²) in [7, 11) is 4.13. The van der Waals surface area contributed by atoms with Gasteiger partial charge in [-0.3, -0.25) is 14.4 Å². The van der Waals surface area contributed by atoms with Crippen molar-refractivity contribution in [3.8, 4) is 0 Å². The molecule has 0 aliphatic rings. The molecule has 164 valence electrons. The zero-order valence-corrected chi connectivity index (χ0v) is 18.8. The van der Waals surface area contributed by atoms with E-state index >= 15 is 0 Å². The predicted octanol–water partition coefficient (Wildman–Crippen LogP) is 4.19. The summed E-state index contributed by atoms with van der Waals surface area (Å²) in [5.74, 6) is -0.417. The highest BCUT2D eigenvalue weighted by atomic mass is 16.7. The maximum atomic E-state index is 12.6. The zero-order chi connectivity index (χ0) is 21.7. The van der Waals surface area contributed by atoms with Gasteiger partial charge in [0, 0.05) is 6.42 Å². The van der Waals surface area contributed by atoms with E-state index in [0.29, 0.717) is 13.0 Å². The minimum atomic E-state index is -0.538. The molecular weight excluding hydrogens is 368 g/mol. The van der Waals surface area contributed by atoms with Crippen molar-refractivity contribution in [3.05, 3.63) is 35.9 Å². The maximum Gasteiger partial charge on any atom is 0.308 e. The quantitative estimate of drug-likeness (QED) is 0.279. The van der Waals surface area contributed by atoms with Crippen LogP contribution in [0.4, 0.5) is 0 Å². The molecule has 1 rings (SSSR count). The molecule has 0 spiro atoms. The molecule has 0 saturated heterocycles. The minimum Gasteiger partial charge on any atom is -0.460 e. The number of hydroxylamine groups is 2. The van der Waals surface area contributed by atoms with Crippen molar-refractivity contribution in [1.29, 1.82) is 0 Å². The molecule has 1 aromatic rings. The lowest BCUT2D eigenvalue weighted by Crippen LogP contribution is -2.34. The van der Waals surface area contributed by atoms with Gasteiger partial charge in [-0.25, -0.2) is 5.06 Å². The minimum absolute atomic E-state index is 0.0860. The van der Waals surface area contributed by atoms with Crippen LogP contribution in [0, 0.1) is 0 Å². The molecule has 0 aliphatic heterocycles. The fraction of sp³-hybridized carbons (Fsp3) is 0.652. The van der Waals surface area contributed by atoms with Crippen LogP contribution >= 0.6 is 0 Å². The van der Waals surface area contributed by atoms with E-state index in [-0.39, 0.29) is 24.8 Å². The van der Waals surface area contributed by atoms with Crippen molar-refractivity contribution in [2.24, 2.45) is 0 Å². The fourth-order valence-electron chi connectivity index (χ4n) is 2.76. The second kappa shape index (κ2) is 13.3. The Hall–Kier alpha value is -1.92. The summed E-state index contributed by atoms with van der Waals surface area (Å²) in [5.41, 5.74) is 0.440.